The molecule has 1 aromatic heterocycles. The van der Waals surface area contributed by atoms with Crippen molar-refractivity contribution in [3.8, 4) is 0 Å². The molecule has 5 nitrogen and oxygen atoms in total. The van der Waals surface area contributed by atoms with Gasteiger partial charge < -0.3 is 5.11 Å². The molecule has 0 aromatic carbocycles. The molecule has 0 amide bonds. The van der Waals surface area contributed by atoms with Gasteiger partial charge in [0.15, 0.2) is 5.78 Å². The van der Waals surface area contributed by atoms with Gasteiger partial charge in [-0.05, 0) is 99.2 Å². The highest BCUT2D eigenvalue weighted by molar-refractivity contribution is 7.84. The van der Waals surface area contributed by atoms with Crippen molar-refractivity contribution in [2.45, 2.75) is 89.2 Å². The Labute approximate surface area is 195 Å². The standard InChI is InChI=1S/C26H40N2O3S/c1-16-11-22(23(29)15-28-14-18(13-27-28)32(4)31)26(3)10-8-20-19-7-9-25(2,30)12-17(19)5-6-21(20)24(16)26/h13-14,16-17,19-22,24,30H,5-12,15H2,1-4H3/t16-,17-,19+,20-,21-,22-,24+,25-,26-,32?/m1/s1. The van der Waals surface area contributed by atoms with E-state index in [1.54, 1.807) is 23.3 Å². The quantitative estimate of drug-likeness (QED) is 0.720. The summed E-state index contributed by atoms with van der Waals surface area (Å²) in [6.45, 7) is 7.13. The Kier molecular flexibility index (Phi) is 5.72. The van der Waals surface area contributed by atoms with Crippen LogP contribution in [0.25, 0.3) is 0 Å². The number of rotatable bonds is 4. The second kappa shape index (κ2) is 8.04. The van der Waals surface area contributed by atoms with Crippen LogP contribution >= 0.6 is 0 Å². The van der Waals surface area contributed by atoms with Crippen LogP contribution in [0.1, 0.15) is 72.1 Å². The highest BCUT2D eigenvalue weighted by atomic mass is 32.2. The lowest BCUT2D eigenvalue weighted by atomic mass is 9.48. The van der Waals surface area contributed by atoms with Gasteiger partial charge in [0.1, 0.15) is 0 Å². The van der Waals surface area contributed by atoms with E-state index in [0.717, 1.165) is 43.4 Å². The number of ketones is 1. The molecule has 1 N–H and O–H groups in total. The van der Waals surface area contributed by atoms with Crippen molar-refractivity contribution < 1.29 is 14.1 Å². The first-order valence-electron chi connectivity index (χ1n) is 12.7. The first-order valence-corrected chi connectivity index (χ1v) is 14.3. The lowest BCUT2D eigenvalue weighted by molar-refractivity contribution is -0.133. The van der Waals surface area contributed by atoms with Crippen molar-refractivity contribution in [1.82, 2.24) is 9.78 Å². The van der Waals surface area contributed by atoms with Gasteiger partial charge in [0.2, 0.25) is 0 Å². The number of hydrogen-bond acceptors (Lipinski definition) is 4. The van der Waals surface area contributed by atoms with Gasteiger partial charge in [-0.25, -0.2) is 0 Å². The molecule has 1 unspecified atom stereocenters. The van der Waals surface area contributed by atoms with E-state index in [9.17, 15) is 14.1 Å². The van der Waals surface area contributed by atoms with Gasteiger partial charge in [0, 0.05) is 18.4 Å². The van der Waals surface area contributed by atoms with Crippen LogP contribution in [-0.2, 0) is 22.1 Å². The van der Waals surface area contributed by atoms with Crippen LogP contribution < -0.4 is 0 Å². The maximum Gasteiger partial charge on any atom is 0.157 e. The van der Waals surface area contributed by atoms with Crippen molar-refractivity contribution in [2.24, 2.45) is 46.8 Å². The molecule has 178 valence electrons. The zero-order chi connectivity index (χ0) is 22.8. The second-order valence-corrected chi connectivity index (χ2v) is 13.6. The first-order chi connectivity index (χ1) is 15.1. The number of aromatic nitrogens is 2. The summed E-state index contributed by atoms with van der Waals surface area (Å²) in [6.07, 6.45) is 14.1. The predicted molar refractivity (Wildman–Crippen MR) is 125 cm³/mol. The van der Waals surface area contributed by atoms with E-state index in [1.807, 2.05) is 6.92 Å². The number of carbonyl (C=O) groups is 1. The molecule has 4 saturated carbocycles. The van der Waals surface area contributed by atoms with Crippen LogP contribution in [0, 0.1) is 46.8 Å². The van der Waals surface area contributed by atoms with Crippen molar-refractivity contribution in [1.29, 1.82) is 0 Å². The SMILES string of the molecule is C[C@@H]1C[C@H](C(=O)Cn2cc(S(C)=O)cn2)[C@@]2(C)CC[C@H]3[C@@H](CC[C@@H]4C[C@](C)(O)CC[C@@H]43)[C@H]12. The summed E-state index contributed by atoms with van der Waals surface area (Å²) in [4.78, 5) is 14.2. The molecule has 0 saturated heterocycles. The zero-order valence-corrected chi connectivity index (χ0v) is 20.9. The molecule has 4 aliphatic rings. The summed E-state index contributed by atoms with van der Waals surface area (Å²) in [5.41, 5.74) is -0.375. The summed E-state index contributed by atoms with van der Waals surface area (Å²) in [7, 11) is -1.07. The topological polar surface area (TPSA) is 72.2 Å². The molecule has 0 radical (unpaired) electrons. The highest BCUT2D eigenvalue weighted by Crippen LogP contribution is 2.66. The Hall–Kier alpha value is -1.01. The molecule has 0 bridgehead atoms. The minimum absolute atomic E-state index is 0.0915. The van der Waals surface area contributed by atoms with Crippen LogP contribution in [-0.4, -0.2) is 36.7 Å². The molecule has 32 heavy (non-hydrogen) atoms. The Morgan fingerprint density at radius 2 is 1.94 bits per heavy atom. The predicted octanol–water partition coefficient (Wildman–Crippen LogP) is 4.46. The van der Waals surface area contributed by atoms with E-state index in [2.05, 4.69) is 18.9 Å². The largest absolute Gasteiger partial charge is 0.390 e. The van der Waals surface area contributed by atoms with Gasteiger partial charge in [0.05, 0.1) is 34.0 Å². The number of nitrogens with zero attached hydrogens (tertiary/aromatic N) is 2. The van der Waals surface area contributed by atoms with E-state index < -0.39 is 16.4 Å². The molecule has 4 aliphatic carbocycles. The molecule has 0 spiro atoms. The number of carbonyl (C=O) groups excluding carboxylic acids is 1. The van der Waals surface area contributed by atoms with Crippen molar-refractivity contribution in [3.63, 3.8) is 0 Å². The fraction of sp³-hybridized carbons (Fsp3) is 0.846. The van der Waals surface area contributed by atoms with Crippen LogP contribution in [0.15, 0.2) is 17.3 Å². The maximum absolute atomic E-state index is 13.5. The smallest absolute Gasteiger partial charge is 0.157 e. The van der Waals surface area contributed by atoms with Crippen LogP contribution in [0.3, 0.4) is 0 Å². The molecule has 4 fully saturated rings. The van der Waals surface area contributed by atoms with Gasteiger partial charge in [-0.15, -0.1) is 0 Å². The average Bonchev–Trinajstić information content (AvgIpc) is 3.29. The molecule has 10 atom stereocenters. The van der Waals surface area contributed by atoms with E-state index in [1.165, 1.54) is 25.7 Å². The van der Waals surface area contributed by atoms with Crippen LogP contribution in [0.4, 0.5) is 0 Å². The van der Waals surface area contributed by atoms with E-state index in [-0.39, 0.29) is 11.3 Å². The minimum atomic E-state index is -1.07. The van der Waals surface area contributed by atoms with Crippen molar-refractivity contribution in [2.75, 3.05) is 6.26 Å². The first kappa shape index (κ1) is 22.8. The van der Waals surface area contributed by atoms with E-state index in [4.69, 9.17) is 0 Å². The second-order valence-electron chi connectivity index (χ2n) is 12.2. The summed E-state index contributed by atoms with van der Waals surface area (Å²) < 4.78 is 13.4. The molecule has 6 heteroatoms. The van der Waals surface area contributed by atoms with Gasteiger partial charge in [0.25, 0.3) is 0 Å². The summed E-state index contributed by atoms with van der Waals surface area (Å²) >= 11 is 0. The van der Waals surface area contributed by atoms with Crippen molar-refractivity contribution >= 4 is 16.6 Å². The third-order valence-electron chi connectivity index (χ3n) is 10.2. The third-order valence-corrected chi connectivity index (χ3v) is 11.1. The third kappa shape index (κ3) is 3.73. The monoisotopic (exact) mass is 460 g/mol. The fourth-order valence-electron chi connectivity index (χ4n) is 8.97. The normalized spacial score (nSPS) is 46.7. The fourth-order valence-corrected chi connectivity index (χ4v) is 9.44. The van der Waals surface area contributed by atoms with Gasteiger partial charge in [-0.1, -0.05) is 13.8 Å². The van der Waals surface area contributed by atoms with Crippen LogP contribution in [0.5, 0.6) is 0 Å². The molecule has 1 heterocycles. The number of hydrogen-bond donors (Lipinski definition) is 1. The summed E-state index contributed by atoms with van der Waals surface area (Å²) in [6, 6.07) is 0. The van der Waals surface area contributed by atoms with Crippen molar-refractivity contribution in [3.05, 3.63) is 12.4 Å². The molecule has 0 aliphatic heterocycles. The Morgan fingerprint density at radius 1 is 1.19 bits per heavy atom. The van der Waals surface area contributed by atoms with Gasteiger partial charge in [-0.2, -0.15) is 5.10 Å². The number of Topliss-reactive ketones (excluding diaryl/α,β-unsaturated/α-hetero) is 1. The average molecular weight is 461 g/mol. The van der Waals surface area contributed by atoms with Crippen LogP contribution in [0.2, 0.25) is 0 Å². The lowest BCUT2D eigenvalue weighted by Crippen LogP contribution is -2.51. The molecule has 1 aromatic rings. The molecular weight excluding hydrogens is 420 g/mol. The number of fused-ring (bicyclic) bond motifs is 5. The maximum atomic E-state index is 13.5. The molecule has 5 rings (SSSR count). The Bertz CT molecular complexity index is 911. The molecular formula is C26H40N2O3S. The van der Waals surface area contributed by atoms with Gasteiger partial charge >= 0.3 is 0 Å². The van der Waals surface area contributed by atoms with Gasteiger partial charge in [-0.3, -0.25) is 13.7 Å². The Morgan fingerprint density at radius 3 is 2.66 bits per heavy atom. The highest BCUT2D eigenvalue weighted by Gasteiger charge is 2.61. The lowest BCUT2D eigenvalue weighted by Gasteiger charge is -2.57. The number of aliphatic hydroxyl groups is 1. The summed E-state index contributed by atoms with van der Waals surface area (Å²) in [5.74, 6) is 4.62. The summed E-state index contributed by atoms with van der Waals surface area (Å²) in [5, 5.41) is 14.9. The minimum Gasteiger partial charge on any atom is -0.390 e. The van der Waals surface area contributed by atoms with E-state index >= 15 is 0 Å². The Balaban J connectivity index is 1.33. The zero-order valence-electron chi connectivity index (χ0n) is 20.1. The van der Waals surface area contributed by atoms with E-state index in [0.29, 0.717) is 35.0 Å².